The first-order chi connectivity index (χ1) is 14.7. The number of aromatic nitrogens is 2. The van der Waals surface area contributed by atoms with Crippen LogP contribution in [0.25, 0.3) is 10.2 Å². The molecule has 6 nitrogen and oxygen atoms in total. The van der Waals surface area contributed by atoms with Crippen LogP contribution in [0.3, 0.4) is 0 Å². The molecule has 2 aromatic carbocycles. The number of carbonyl (C=O) groups is 1. The van der Waals surface area contributed by atoms with Crippen molar-refractivity contribution in [3.8, 4) is 11.5 Å². The highest BCUT2D eigenvalue weighted by molar-refractivity contribution is 7.22. The van der Waals surface area contributed by atoms with Crippen LogP contribution in [-0.4, -0.2) is 23.0 Å². The molecule has 150 valence electrons. The third kappa shape index (κ3) is 4.64. The van der Waals surface area contributed by atoms with Crippen molar-refractivity contribution in [3.05, 3.63) is 91.0 Å². The number of carbonyl (C=O) groups excluding carboxylic acids is 1. The number of nitrogens with zero attached hydrogens (tertiary/aromatic N) is 3. The molecule has 0 spiro atoms. The summed E-state index contributed by atoms with van der Waals surface area (Å²) in [5.74, 6) is 1.15. The van der Waals surface area contributed by atoms with Crippen LogP contribution in [-0.2, 0) is 11.3 Å². The zero-order valence-corrected chi connectivity index (χ0v) is 17.1. The van der Waals surface area contributed by atoms with E-state index in [1.807, 2.05) is 60.7 Å². The van der Waals surface area contributed by atoms with Gasteiger partial charge in [-0.2, -0.15) is 0 Å². The average molecular weight is 417 g/mol. The Kier molecular flexibility index (Phi) is 6.01. The number of benzene rings is 2. The number of anilines is 1. The van der Waals surface area contributed by atoms with Gasteiger partial charge in [-0.15, -0.1) is 0 Å². The molecule has 0 unspecified atom stereocenters. The zero-order chi connectivity index (χ0) is 20.8. The van der Waals surface area contributed by atoms with Crippen molar-refractivity contribution < 1.29 is 14.3 Å². The number of methoxy groups -OCH3 is 1. The third-order valence-corrected chi connectivity index (χ3v) is 5.36. The molecule has 0 saturated heterocycles. The molecule has 4 rings (SSSR count). The molecule has 0 aliphatic carbocycles. The number of ether oxygens (including phenoxy) is 2. The van der Waals surface area contributed by atoms with Gasteiger partial charge in [-0.25, -0.2) is 4.98 Å². The van der Waals surface area contributed by atoms with Gasteiger partial charge in [0, 0.05) is 24.5 Å². The van der Waals surface area contributed by atoms with Gasteiger partial charge >= 0.3 is 0 Å². The predicted octanol–water partition coefficient (Wildman–Crippen LogP) is 4.83. The van der Waals surface area contributed by atoms with Gasteiger partial charge in [0.2, 0.25) is 0 Å². The Morgan fingerprint density at radius 3 is 2.73 bits per heavy atom. The van der Waals surface area contributed by atoms with Gasteiger partial charge in [-0.3, -0.25) is 14.7 Å². The van der Waals surface area contributed by atoms with Gasteiger partial charge in [0.05, 0.1) is 30.1 Å². The molecule has 0 aliphatic rings. The van der Waals surface area contributed by atoms with E-state index >= 15 is 0 Å². The summed E-state index contributed by atoms with van der Waals surface area (Å²) >= 11 is 1.45. The van der Waals surface area contributed by atoms with E-state index in [1.165, 1.54) is 23.7 Å². The minimum Gasteiger partial charge on any atom is -0.497 e. The van der Waals surface area contributed by atoms with Gasteiger partial charge in [-0.05, 0) is 35.9 Å². The van der Waals surface area contributed by atoms with Crippen LogP contribution in [0.15, 0.2) is 85.4 Å². The Bertz CT molecular complexity index is 1160. The molecule has 0 atom stereocenters. The Hall–Kier alpha value is -3.71. The van der Waals surface area contributed by atoms with Crippen LogP contribution in [0.4, 0.5) is 5.13 Å². The number of hydrogen-bond donors (Lipinski definition) is 0. The van der Waals surface area contributed by atoms with Gasteiger partial charge in [0.25, 0.3) is 5.91 Å². The molecule has 0 bridgehead atoms. The van der Waals surface area contributed by atoms with E-state index in [0.717, 1.165) is 21.5 Å². The van der Waals surface area contributed by atoms with E-state index in [2.05, 4.69) is 9.97 Å². The van der Waals surface area contributed by atoms with Crippen LogP contribution in [0.5, 0.6) is 11.5 Å². The Morgan fingerprint density at radius 2 is 1.97 bits per heavy atom. The molecule has 0 saturated carbocycles. The maximum atomic E-state index is 13.0. The summed E-state index contributed by atoms with van der Waals surface area (Å²) in [6.45, 7) is 0.347. The fraction of sp³-hybridized carbons (Fsp3) is 0.0870. The second-order valence-electron chi connectivity index (χ2n) is 6.35. The fourth-order valence-corrected chi connectivity index (χ4v) is 3.76. The molecule has 1 amide bonds. The van der Waals surface area contributed by atoms with E-state index in [0.29, 0.717) is 17.4 Å². The molecule has 30 heavy (non-hydrogen) atoms. The van der Waals surface area contributed by atoms with Crippen LogP contribution in [0, 0.1) is 0 Å². The standard InChI is InChI=1S/C23H19N3O3S/c1-28-19-9-10-21-20(14-19)25-23(30-21)26(16-17-6-5-12-24-15-17)22(27)11-13-29-18-7-3-2-4-8-18/h2-15H,16H2,1H3. The number of thiazole rings is 1. The summed E-state index contributed by atoms with van der Waals surface area (Å²) in [6, 6.07) is 18.7. The number of para-hydroxylation sites is 1. The summed E-state index contributed by atoms with van der Waals surface area (Å²) < 4.78 is 11.8. The Morgan fingerprint density at radius 1 is 1.10 bits per heavy atom. The molecule has 0 radical (unpaired) electrons. The summed E-state index contributed by atoms with van der Waals surface area (Å²) in [4.78, 5) is 23.4. The first kappa shape index (κ1) is 19.6. The fourth-order valence-electron chi connectivity index (χ4n) is 2.81. The molecule has 4 aromatic rings. The van der Waals surface area contributed by atoms with Crippen molar-refractivity contribution in [1.29, 1.82) is 0 Å². The van der Waals surface area contributed by atoms with Gasteiger partial charge in [0.1, 0.15) is 11.5 Å². The van der Waals surface area contributed by atoms with Crippen LogP contribution in [0.1, 0.15) is 5.56 Å². The molecular weight excluding hydrogens is 398 g/mol. The third-order valence-electron chi connectivity index (χ3n) is 4.30. The highest BCUT2D eigenvalue weighted by Gasteiger charge is 2.19. The molecule has 7 heteroatoms. The van der Waals surface area contributed by atoms with Crippen molar-refractivity contribution >= 4 is 32.6 Å². The maximum Gasteiger partial charge on any atom is 0.256 e. The van der Waals surface area contributed by atoms with Crippen molar-refractivity contribution in [2.75, 3.05) is 12.0 Å². The lowest BCUT2D eigenvalue weighted by Gasteiger charge is -2.18. The smallest absolute Gasteiger partial charge is 0.256 e. The predicted molar refractivity (Wildman–Crippen MR) is 118 cm³/mol. The Labute approximate surface area is 178 Å². The zero-order valence-electron chi connectivity index (χ0n) is 16.3. The number of hydrogen-bond acceptors (Lipinski definition) is 6. The highest BCUT2D eigenvalue weighted by Crippen LogP contribution is 2.32. The van der Waals surface area contributed by atoms with Gasteiger partial charge < -0.3 is 9.47 Å². The summed E-state index contributed by atoms with van der Waals surface area (Å²) in [6.07, 6.45) is 6.23. The van der Waals surface area contributed by atoms with Crippen LogP contribution >= 0.6 is 11.3 Å². The number of fused-ring (bicyclic) bond motifs is 1. The molecule has 2 heterocycles. The molecule has 0 N–H and O–H groups in total. The van der Waals surface area contributed by atoms with E-state index < -0.39 is 0 Å². The monoisotopic (exact) mass is 417 g/mol. The normalized spacial score (nSPS) is 11.0. The van der Waals surface area contributed by atoms with Crippen LogP contribution in [0.2, 0.25) is 0 Å². The molecule has 2 aromatic heterocycles. The van der Waals surface area contributed by atoms with E-state index in [1.54, 1.807) is 24.4 Å². The lowest BCUT2D eigenvalue weighted by Crippen LogP contribution is -2.28. The first-order valence-corrected chi connectivity index (χ1v) is 10.1. The maximum absolute atomic E-state index is 13.0. The number of rotatable bonds is 7. The summed E-state index contributed by atoms with van der Waals surface area (Å²) in [7, 11) is 1.62. The van der Waals surface area contributed by atoms with E-state index in [-0.39, 0.29) is 5.91 Å². The van der Waals surface area contributed by atoms with Crippen molar-refractivity contribution in [3.63, 3.8) is 0 Å². The largest absolute Gasteiger partial charge is 0.497 e. The minimum atomic E-state index is -0.235. The SMILES string of the molecule is COc1ccc2sc(N(Cc3cccnc3)C(=O)C=COc3ccccc3)nc2c1. The average Bonchev–Trinajstić information content (AvgIpc) is 3.21. The number of pyridine rings is 1. The summed E-state index contributed by atoms with van der Waals surface area (Å²) in [5.41, 5.74) is 1.68. The molecular formula is C23H19N3O3S. The molecule has 0 aliphatic heterocycles. The van der Waals surface area contributed by atoms with Crippen molar-refractivity contribution in [2.45, 2.75) is 6.54 Å². The first-order valence-electron chi connectivity index (χ1n) is 9.26. The minimum absolute atomic E-state index is 0.235. The van der Waals surface area contributed by atoms with E-state index in [4.69, 9.17) is 9.47 Å². The van der Waals surface area contributed by atoms with E-state index in [9.17, 15) is 4.79 Å². The van der Waals surface area contributed by atoms with Gasteiger partial charge in [0.15, 0.2) is 5.13 Å². The number of amides is 1. The lowest BCUT2D eigenvalue weighted by atomic mass is 10.2. The van der Waals surface area contributed by atoms with Gasteiger partial charge in [-0.1, -0.05) is 35.6 Å². The summed E-state index contributed by atoms with van der Waals surface area (Å²) in [5, 5.41) is 0.594. The topological polar surface area (TPSA) is 64.5 Å². The van der Waals surface area contributed by atoms with Crippen LogP contribution < -0.4 is 14.4 Å². The Balaban J connectivity index is 1.61. The highest BCUT2D eigenvalue weighted by atomic mass is 32.1. The molecule has 0 fully saturated rings. The lowest BCUT2D eigenvalue weighted by molar-refractivity contribution is -0.114. The second-order valence-corrected chi connectivity index (χ2v) is 7.36. The van der Waals surface area contributed by atoms with Crippen molar-refractivity contribution in [2.24, 2.45) is 0 Å². The second kappa shape index (κ2) is 9.19. The quantitative estimate of drug-likeness (QED) is 0.318. The van der Waals surface area contributed by atoms with Crippen molar-refractivity contribution in [1.82, 2.24) is 9.97 Å².